The molecule has 88 valence electrons. The Morgan fingerprint density at radius 2 is 1.94 bits per heavy atom. The zero-order valence-electron chi connectivity index (χ0n) is 9.38. The number of nitrogens with zero attached hydrogens (tertiary/aromatic N) is 3. The summed E-state index contributed by atoms with van der Waals surface area (Å²) in [5.41, 5.74) is 0. The van der Waals surface area contributed by atoms with E-state index in [1.807, 2.05) is 4.90 Å². The van der Waals surface area contributed by atoms with Crippen LogP contribution in [0.1, 0.15) is 6.42 Å². The van der Waals surface area contributed by atoms with Crippen molar-refractivity contribution in [3.05, 3.63) is 6.07 Å². The number of aromatic nitrogens is 2. The van der Waals surface area contributed by atoms with E-state index in [-0.39, 0.29) is 6.10 Å². The number of ether oxygens (including phenoxy) is 2. The zero-order chi connectivity index (χ0) is 11.5. The van der Waals surface area contributed by atoms with Gasteiger partial charge in [0.1, 0.15) is 0 Å². The van der Waals surface area contributed by atoms with Crippen LogP contribution >= 0.6 is 0 Å². The van der Waals surface area contributed by atoms with Crippen molar-refractivity contribution in [3.63, 3.8) is 0 Å². The van der Waals surface area contributed by atoms with Gasteiger partial charge in [-0.15, -0.1) is 0 Å². The Labute approximate surface area is 93.8 Å². The third-order valence-electron chi connectivity index (χ3n) is 2.53. The molecule has 1 fully saturated rings. The Hall–Kier alpha value is -1.56. The van der Waals surface area contributed by atoms with Crippen LogP contribution in [0.25, 0.3) is 0 Å². The molecule has 0 spiro atoms. The molecule has 1 saturated heterocycles. The fourth-order valence-corrected chi connectivity index (χ4v) is 1.67. The highest BCUT2D eigenvalue weighted by atomic mass is 16.5. The lowest BCUT2D eigenvalue weighted by Crippen LogP contribution is -2.23. The van der Waals surface area contributed by atoms with Gasteiger partial charge in [-0.3, -0.25) is 0 Å². The maximum absolute atomic E-state index is 9.45. The van der Waals surface area contributed by atoms with Crippen LogP contribution in [-0.4, -0.2) is 48.5 Å². The highest BCUT2D eigenvalue weighted by molar-refractivity contribution is 5.37. The Kier molecular flexibility index (Phi) is 3.09. The highest BCUT2D eigenvalue weighted by Crippen LogP contribution is 2.22. The standard InChI is InChI=1S/C10H15N3O3/c1-15-8-5-9(16-2)12-10(11-8)13-4-3-7(14)6-13/h5,7,14H,3-4,6H2,1-2H3. The smallest absolute Gasteiger partial charge is 0.232 e. The van der Waals surface area contributed by atoms with E-state index in [2.05, 4.69) is 9.97 Å². The molecule has 2 heterocycles. The van der Waals surface area contributed by atoms with Gasteiger partial charge in [-0.25, -0.2) is 0 Å². The summed E-state index contributed by atoms with van der Waals surface area (Å²) < 4.78 is 10.1. The number of hydrogen-bond acceptors (Lipinski definition) is 6. The average molecular weight is 225 g/mol. The van der Waals surface area contributed by atoms with E-state index in [1.165, 1.54) is 0 Å². The van der Waals surface area contributed by atoms with Crippen molar-refractivity contribution >= 4 is 5.95 Å². The van der Waals surface area contributed by atoms with E-state index < -0.39 is 0 Å². The van der Waals surface area contributed by atoms with Gasteiger partial charge < -0.3 is 19.5 Å². The molecule has 1 aliphatic heterocycles. The molecule has 1 aromatic rings. The Bertz CT molecular complexity index is 350. The topological polar surface area (TPSA) is 67.7 Å². The van der Waals surface area contributed by atoms with Crippen molar-refractivity contribution in [1.82, 2.24) is 9.97 Å². The van der Waals surface area contributed by atoms with Crippen LogP contribution in [0, 0.1) is 0 Å². The molecule has 1 unspecified atom stereocenters. The van der Waals surface area contributed by atoms with Crippen LogP contribution < -0.4 is 14.4 Å². The van der Waals surface area contributed by atoms with Crippen molar-refractivity contribution < 1.29 is 14.6 Å². The van der Waals surface area contributed by atoms with Gasteiger partial charge in [0.2, 0.25) is 17.7 Å². The first-order valence-electron chi connectivity index (χ1n) is 5.13. The lowest BCUT2D eigenvalue weighted by molar-refractivity contribution is 0.198. The van der Waals surface area contributed by atoms with Crippen LogP contribution in [0.15, 0.2) is 6.07 Å². The summed E-state index contributed by atoms with van der Waals surface area (Å²) in [6, 6.07) is 1.62. The summed E-state index contributed by atoms with van der Waals surface area (Å²) >= 11 is 0. The van der Waals surface area contributed by atoms with E-state index >= 15 is 0 Å². The van der Waals surface area contributed by atoms with Crippen LogP contribution in [0.4, 0.5) is 5.95 Å². The molecule has 0 aromatic carbocycles. The van der Waals surface area contributed by atoms with E-state index in [9.17, 15) is 5.11 Å². The van der Waals surface area contributed by atoms with Crippen LogP contribution in [0.2, 0.25) is 0 Å². The number of anilines is 1. The second kappa shape index (κ2) is 4.52. The molecule has 2 rings (SSSR count). The van der Waals surface area contributed by atoms with Gasteiger partial charge in [-0.05, 0) is 6.42 Å². The molecule has 0 bridgehead atoms. The third kappa shape index (κ3) is 2.16. The number of rotatable bonds is 3. The van der Waals surface area contributed by atoms with E-state index in [0.29, 0.717) is 24.3 Å². The van der Waals surface area contributed by atoms with Gasteiger partial charge in [-0.1, -0.05) is 0 Å². The predicted molar refractivity (Wildman–Crippen MR) is 58.0 cm³/mol. The number of β-amino-alcohol motifs (C(OH)–C–C–N with tert-alkyl or cyclic N) is 1. The van der Waals surface area contributed by atoms with Gasteiger partial charge in [0.05, 0.1) is 26.4 Å². The van der Waals surface area contributed by atoms with Crippen LogP contribution in [-0.2, 0) is 0 Å². The molecular weight excluding hydrogens is 210 g/mol. The maximum atomic E-state index is 9.45. The molecule has 1 aromatic heterocycles. The quantitative estimate of drug-likeness (QED) is 0.785. The first-order chi connectivity index (χ1) is 7.72. The maximum Gasteiger partial charge on any atom is 0.232 e. The summed E-state index contributed by atoms with van der Waals surface area (Å²) in [5.74, 6) is 1.46. The lowest BCUT2D eigenvalue weighted by atomic mass is 10.3. The minimum Gasteiger partial charge on any atom is -0.481 e. The Morgan fingerprint density at radius 3 is 2.38 bits per heavy atom. The van der Waals surface area contributed by atoms with Gasteiger partial charge in [0.25, 0.3) is 0 Å². The monoisotopic (exact) mass is 225 g/mol. The van der Waals surface area contributed by atoms with Crippen LogP contribution in [0.5, 0.6) is 11.8 Å². The summed E-state index contributed by atoms with van der Waals surface area (Å²) in [6.45, 7) is 1.30. The highest BCUT2D eigenvalue weighted by Gasteiger charge is 2.23. The van der Waals surface area contributed by atoms with Crippen LogP contribution in [0.3, 0.4) is 0 Å². The van der Waals surface area contributed by atoms with Crippen molar-refractivity contribution in [3.8, 4) is 11.8 Å². The van der Waals surface area contributed by atoms with Gasteiger partial charge >= 0.3 is 0 Å². The first-order valence-corrected chi connectivity index (χ1v) is 5.13. The zero-order valence-corrected chi connectivity index (χ0v) is 9.38. The molecule has 6 nitrogen and oxygen atoms in total. The van der Waals surface area contributed by atoms with Crippen molar-refractivity contribution in [2.75, 3.05) is 32.2 Å². The third-order valence-corrected chi connectivity index (χ3v) is 2.53. The Morgan fingerprint density at radius 1 is 1.31 bits per heavy atom. The summed E-state index contributed by atoms with van der Waals surface area (Å²) in [7, 11) is 3.09. The SMILES string of the molecule is COc1cc(OC)nc(N2CCC(O)C2)n1. The normalized spacial score (nSPS) is 19.9. The molecule has 0 saturated carbocycles. The van der Waals surface area contributed by atoms with E-state index in [0.717, 1.165) is 13.0 Å². The molecule has 1 N–H and O–H groups in total. The summed E-state index contributed by atoms with van der Waals surface area (Å²) in [4.78, 5) is 10.3. The molecule has 16 heavy (non-hydrogen) atoms. The number of methoxy groups -OCH3 is 2. The van der Waals surface area contributed by atoms with E-state index in [4.69, 9.17) is 9.47 Å². The average Bonchev–Trinajstić information content (AvgIpc) is 2.75. The summed E-state index contributed by atoms with van der Waals surface area (Å²) in [6.07, 6.45) is 0.434. The fraction of sp³-hybridized carbons (Fsp3) is 0.600. The fourth-order valence-electron chi connectivity index (χ4n) is 1.67. The van der Waals surface area contributed by atoms with Gasteiger partial charge in [0, 0.05) is 13.1 Å². The Balaban J connectivity index is 2.25. The second-order valence-corrected chi connectivity index (χ2v) is 3.64. The predicted octanol–water partition coefficient (Wildman–Crippen LogP) is 0.0648. The first kappa shape index (κ1) is 10.9. The lowest BCUT2D eigenvalue weighted by Gasteiger charge is -2.16. The molecule has 1 aliphatic rings. The van der Waals surface area contributed by atoms with Gasteiger partial charge in [-0.2, -0.15) is 9.97 Å². The summed E-state index contributed by atoms with van der Waals surface area (Å²) in [5, 5.41) is 9.45. The minimum absolute atomic E-state index is 0.305. The minimum atomic E-state index is -0.305. The van der Waals surface area contributed by atoms with E-state index in [1.54, 1.807) is 20.3 Å². The van der Waals surface area contributed by atoms with Crippen molar-refractivity contribution in [2.45, 2.75) is 12.5 Å². The molecule has 0 amide bonds. The second-order valence-electron chi connectivity index (χ2n) is 3.64. The largest absolute Gasteiger partial charge is 0.481 e. The molecule has 0 aliphatic carbocycles. The van der Waals surface area contributed by atoms with Crippen molar-refractivity contribution in [2.24, 2.45) is 0 Å². The number of hydrogen-bond donors (Lipinski definition) is 1. The molecule has 6 heteroatoms. The number of aliphatic hydroxyl groups is 1. The molecule has 0 radical (unpaired) electrons. The van der Waals surface area contributed by atoms with Crippen molar-refractivity contribution in [1.29, 1.82) is 0 Å². The molecule has 1 atom stereocenters. The van der Waals surface area contributed by atoms with Gasteiger partial charge in [0.15, 0.2) is 0 Å². The number of aliphatic hydroxyl groups excluding tert-OH is 1. The molecular formula is C10H15N3O3.